The van der Waals surface area contributed by atoms with E-state index in [-0.39, 0.29) is 0 Å². The first kappa shape index (κ1) is 7.17. The molecule has 0 aromatic heterocycles. The molecule has 0 atom stereocenters. The number of nitrogens with two attached hydrogens (primary N) is 1. The minimum absolute atomic E-state index is 0.410. The van der Waals surface area contributed by atoms with E-state index in [2.05, 4.69) is 11.9 Å². The summed E-state index contributed by atoms with van der Waals surface area (Å²) in [6.07, 6.45) is 0. The smallest absolute Gasteiger partial charge is 0.245 e. The van der Waals surface area contributed by atoms with Crippen LogP contribution in [0.4, 0.5) is 0 Å². The third-order valence-electron chi connectivity index (χ3n) is 0.739. The lowest BCUT2D eigenvalue weighted by Gasteiger charge is -1.95. The van der Waals surface area contributed by atoms with Gasteiger partial charge in [0.05, 0.1) is 0 Å². The molecular weight excluding hydrogens is 104 g/mol. The normalized spacial score (nSPS) is 8.62. The molecule has 46 valence electrons. The second-order valence-electron chi connectivity index (χ2n) is 1.50. The van der Waals surface area contributed by atoms with Crippen LogP contribution in [0, 0.1) is 0 Å². The SMILES string of the molecule is C=C(CNC)C(N)=O. The molecule has 0 aromatic carbocycles. The number of carbonyl (C=O) groups excluding carboxylic acids is 1. The molecule has 0 unspecified atom stereocenters. The summed E-state index contributed by atoms with van der Waals surface area (Å²) in [6.45, 7) is 3.87. The predicted molar refractivity (Wildman–Crippen MR) is 32.3 cm³/mol. The molecule has 0 aliphatic heterocycles. The van der Waals surface area contributed by atoms with Gasteiger partial charge in [-0.15, -0.1) is 0 Å². The quantitative estimate of drug-likeness (QED) is 0.474. The summed E-state index contributed by atoms with van der Waals surface area (Å²) in [5.41, 5.74) is 5.25. The number of carbonyl (C=O) groups is 1. The second-order valence-corrected chi connectivity index (χ2v) is 1.50. The summed E-state index contributed by atoms with van der Waals surface area (Å²) in [5, 5.41) is 2.75. The van der Waals surface area contributed by atoms with Crippen molar-refractivity contribution in [3.63, 3.8) is 0 Å². The molecule has 1 amide bonds. The minimum atomic E-state index is -0.445. The highest BCUT2D eigenvalue weighted by atomic mass is 16.1. The molecule has 0 spiro atoms. The monoisotopic (exact) mass is 114 g/mol. The maximum Gasteiger partial charge on any atom is 0.245 e. The van der Waals surface area contributed by atoms with Crippen molar-refractivity contribution >= 4 is 5.91 Å². The van der Waals surface area contributed by atoms with Crippen LogP contribution >= 0.6 is 0 Å². The van der Waals surface area contributed by atoms with Gasteiger partial charge in [-0.1, -0.05) is 6.58 Å². The summed E-state index contributed by atoms with van der Waals surface area (Å²) in [4.78, 5) is 10.2. The fraction of sp³-hybridized carbons (Fsp3) is 0.400. The van der Waals surface area contributed by atoms with Crippen molar-refractivity contribution in [3.05, 3.63) is 12.2 Å². The first-order valence-corrected chi connectivity index (χ1v) is 2.30. The van der Waals surface area contributed by atoms with Gasteiger partial charge < -0.3 is 11.1 Å². The maximum atomic E-state index is 10.2. The fourth-order valence-electron chi connectivity index (χ4n) is 0.301. The van der Waals surface area contributed by atoms with Crippen LogP contribution in [0.15, 0.2) is 12.2 Å². The van der Waals surface area contributed by atoms with E-state index in [9.17, 15) is 4.79 Å². The molecular formula is C5H10N2O. The van der Waals surface area contributed by atoms with Gasteiger partial charge in [-0.25, -0.2) is 0 Å². The molecule has 0 fully saturated rings. The molecule has 0 bridgehead atoms. The highest BCUT2D eigenvalue weighted by molar-refractivity contribution is 5.91. The van der Waals surface area contributed by atoms with E-state index in [4.69, 9.17) is 5.73 Å². The lowest BCUT2D eigenvalue weighted by Crippen LogP contribution is -2.21. The number of hydrogen-bond donors (Lipinski definition) is 2. The van der Waals surface area contributed by atoms with Crippen LogP contribution < -0.4 is 11.1 Å². The lowest BCUT2D eigenvalue weighted by molar-refractivity contribution is -0.114. The molecule has 0 aromatic rings. The summed E-state index contributed by atoms with van der Waals surface area (Å²) < 4.78 is 0. The third-order valence-corrected chi connectivity index (χ3v) is 0.739. The van der Waals surface area contributed by atoms with Crippen molar-refractivity contribution in [2.75, 3.05) is 13.6 Å². The van der Waals surface area contributed by atoms with Crippen LogP contribution in [0.25, 0.3) is 0 Å². The van der Waals surface area contributed by atoms with E-state index in [0.29, 0.717) is 12.1 Å². The molecule has 0 saturated carbocycles. The Morgan fingerprint density at radius 2 is 2.38 bits per heavy atom. The van der Waals surface area contributed by atoms with Gasteiger partial charge in [-0.2, -0.15) is 0 Å². The third kappa shape index (κ3) is 2.36. The standard InChI is InChI=1S/C5H10N2O/c1-4(3-7-2)5(6)8/h7H,1,3H2,2H3,(H2,6,8). The number of likely N-dealkylation sites (N-methyl/N-ethyl adjacent to an activating group) is 1. The second kappa shape index (κ2) is 3.21. The molecule has 0 heterocycles. The minimum Gasteiger partial charge on any atom is -0.366 e. The average Bonchev–Trinajstić information content (AvgIpc) is 1.67. The number of nitrogens with one attached hydrogen (secondary N) is 1. The molecule has 3 nitrogen and oxygen atoms in total. The van der Waals surface area contributed by atoms with Crippen molar-refractivity contribution < 1.29 is 4.79 Å². The Morgan fingerprint density at radius 1 is 1.88 bits per heavy atom. The van der Waals surface area contributed by atoms with E-state index in [1.54, 1.807) is 7.05 Å². The molecule has 0 radical (unpaired) electrons. The molecule has 3 heteroatoms. The molecule has 0 aliphatic carbocycles. The topological polar surface area (TPSA) is 55.1 Å². The first-order chi connectivity index (χ1) is 3.68. The first-order valence-electron chi connectivity index (χ1n) is 2.30. The summed E-state index contributed by atoms with van der Waals surface area (Å²) in [6, 6.07) is 0. The van der Waals surface area contributed by atoms with Gasteiger partial charge in [0, 0.05) is 12.1 Å². The van der Waals surface area contributed by atoms with Crippen LogP contribution in [0.3, 0.4) is 0 Å². The van der Waals surface area contributed by atoms with Gasteiger partial charge in [0.1, 0.15) is 0 Å². The van der Waals surface area contributed by atoms with Gasteiger partial charge >= 0.3 is 0 Å². The average molecular weight is 114 g/mol. The Bertz CT molecular complexity index is 109. The maximum absolute atomic E-state index is 10.2. The number of primary amides is 1. The lowest BCUT2D eigenvalue weighted by atomic mass is 10.3. The van der Waals surface area contributed by atoms with Gasteiger partial charge in [-0.05, 0) is 7.05 Å². The van der Waals surface area contributed by atoms with Gasteiger partial charge in [0.2, 0.25) is 5.91 Å². The Balaban J connectivity index is 3.49. The van der Waals surface area contributed by atoms with Crippen LogP contribution in [0.1, 0.15) is 0 Å². The highest BCUT2D eigenvalue weighted by Gasteiger charge is 1.96. The van der Waals surface area contributed by atoms with Crippen molar-refractivity contribution in [2.24, 2.45) is 5.73 Å². The molecule has 3 N–H and O–H groups in total. The summed E-state index contributed by atoms with van der Waals surface area (Å²) in [5.74, 6) is -0.445. The van der Waals surface area contributed by atoms with E-state index in [1.807, 2.05) is 0 Å². The molecule has 0 saturated heterocycles. The zero-order chi connectivity index (χ0) is 6.57. The molecule has 0 aliphatic rings. The fourth-order valence-corrected chi connectivity index (χ4v) is 0.301. The van der Waals surface area contributed by atoms with Crippen LogP contribution in [0.2, 0.25) is 0 Å². The Morgan fingerprint density at radius 3 is 2.50 bits per heavy atom. The van der Waals surface area contributed by atoms with Crippen molar-refractivity contribution in [1.29, 1.82) is 0 Å². The summed E-state index contributed by atoms with van der Waals surface area (Å²) >= 11 is 0. The van der Waals surface area contributed by atoms with Crippen molar-refractivity contribution in [2.45, 2.75) is 0 Å². The van der Waals surface area contributed by atoms with E-state index < -0.39 is 5.91 Å². The predicted octanol–water partition coefficient (Wildman–Crippen LogP) is -0.753. The largest absolute Gasteiger partial charge is 0.366 e. The van der Waals surface area contributed by atoms with E-state index in [1.165, 1.54) is 0 Å². The highest BCUT2D eigenvalue weighted by Crippen LogP contribution is 1.80. The van der Waals surface area contributed by atoms with Gasteiger partial charge in [0.15, 0.2) is 0 Å². The van der Waals surface area contributed by atoms with Crippen LogP contribution in [-0.4, -0.2) is 19.5 Å². The van der Waals surface area contributed by atoms with Gasteiger partial charge in [0.25, 0.3) is 0 Å². The Hall–Kier alpha value is -0.830. The molecule has 0 rings (SSSR count). The van der Waals surface area contributed by atoms with E-state index in [0.717, 1.165) is 0 Å². The van der Waals surface area contributed by atoms with Crippen molar-refractivity contribution in [1.82, 2.24) is 5.32 Å². The van der Waals surface area contributed by atoms with E-state index >= 15 is 0 Å². The van der Waals surface area contributed by atoms with Crippen LogP contribution in [0.5, 0.6) is 0 Å². The van der Waals surface area contributed by atoms with Crippen molar-refractivity contribution in [3.8, 4) is 0 Å². The zero-order valence-corrected chi connectivity index (χ0v) is 4.90. The number of rotatable bonds is 3. The number of hydrogen-bond acceptors (Lipinski definition) is 2. The zero-order valence-electron chi connectivity index (χ0n) is 4.90. The van der Waals surface area contributed by atoms with Gasteiger partial charge in [-0.3, -0.25) is 4.79 Å². The molecule has 8 heavy (non-hydrogen) atoms. The van der Waals surface area contributed by atoms with Crippen LogP contribution in [-0.2, 0) is 4.79 Å². The number of amides is 1. The Kier molecular flexibility index (Phi) is 2.88. The summed E-state index contributed by atoms with van der Waals surface area (Å²) in [7, 11) is 1.73. The Labute approximate surface area is 48.6 Å².